The molecule has 0 saturated carbocycles. The van der Waals surface area contributed by atoms with Crippen LogP contribution in [-0.4, -0.2) is 29.9 Å². The van der Waals surface area contributed by atoms with Gasteiger partial charge >= 0.3 is 11.9 Å². The molecule has 3 rings (SSSR count). The van der Waals surface area contributed by atoms with E-state index in [9.17, 15) is 9.59 Å². The zero-order valence-electron chi connectivity index (χ0n) is 14.5. The molecule has 0 radical (unpaired) electrons. The minimum Gasteiger partial charge on any atom is -0.459 e. The molecule has 0 saturated heterocycles. The van der Waals surface area contributed by atoms with Crippen LogP contribution >= 0.6 is 0 Å². The zero-order valence-corrected chi connectivity index (χ0v) is 14.5. The Kier molecular flexibility index (Phi) is 5.49. The number of nitrogens with zero attached hydrogens (tertiary/aromatic N) is 1. The highest BCUT2D eigenvalue weighted by molar-refractivity contribution is 6.32. The molecule has 0 spiro atoms. The third-order valence-corrected chi connectivity index (χ3v) is 4.67. The fourth-order valence-corrected chi connectivity index (χ4v) is 3.46. The lowest BCUT2D eigenvalue weighted by molar-refractivity contribution is -0.161. The molecule has 0 bridgehead atoms. The van der Waals surface area contributed by atoms with Crippen molar-refractivity contribution in [3.63, 3.8) is 0 Å². The average Bonchev–Trinajstić information content (AvgIpc) is 2.66. The zero-order chi connectivity index (χ0) is 17.6. The van der Waals surface area contributed by atoms with E-state index in [-0.39, 0.29) is 12.6 Å². The number of aryl methyl sites for hydroxylation is 1. The van der Waals surface area contributed by atoms with Gasteiger partial charge in [0.25, 0.3) is 0 Å². The molecule has 1 unspecified atom stereocenters. The van der Waals surface area contributed by atoms with E-state index < -0.39 is 11.9 Å². The molecular formula is C21H23NO3. The summed E-state index contributed by atoms with van der Waals surface area (Å²) in [5.41, 5.74) is 3.63. The second-order valence-corrected chi connectivity index (χ2v) is 6.21. The Balaban J connectivity index is 1.84. The molecule has 1 heterocycles. The SMILES string of the molecule is CCOC(=O)C(=O)N1CCc2ccccc2C1CCc1ccccc1. The number of amides is 1. The van der Waals surface area contributed by atoms with Crippen LogP contribution in [-0.2, 0) is 27.2 Å². The summed E-state index contributed by atoms with van der Waals surface area (Å²) in [6.07, 6.45) is 2.40. The summed E-state index contributed by atoms with van der Waals surface area (Å²) >= 11 is 0. The van der Waals surface area contributed by atoms with E-state index in [1.54, 1.807) is 11.8 Å². The van der Waals surface area contributed by atoms with Crippen LogP contribution < -0.4 is 0 Å². The van der Waals surface area contributed by atoms with Crippen molar-refractivity contribution in [1.82, 2.24) is 4.90 Å². The number of hydrogen-bond acceptors (Lipinski definition) is 3. The summed E-state index contributed by atoms with van der Waals surface area (Å²) in [4.78, 5) is 26.2. The van der Waals surface area contributed by atoms with Crippen LogP contribution in [0, 0.1) is 0 Å². The maximum atomic E-state index is 12.6. The largest absolute Gasteiger partial charge is 0.459 e. The molecule has 130 valence electrons. The molecule has 4 nitrogen and oxygen atoms in total. The van der Waals surface area contributed by atoms with Crippen LogP contribution in [0.3, 0.4) is 0 Å². The highest BCUT2D eigenvalue weighted by Crippen LogP contribution is 2.33. The Hall–Kier alpha value is -2.62. The second kappa shape index (κ2) is 7.97. The molecule has 2 aromatic carbocycles. The van der Waals surface area contributed by atoms with Crippen LogP contribution in [0.2, 0.25) is 0 Å². The first-order valence-electron chi connectivity index (χ1n) is 8.80. The number of carbonyl (C=O) groups is 2. The number of ether oxygens (including phenoxy) is 1. The standard InChI is InChI=1S/C21H23NO3/c1-2-25-21(24)20(23)22-15-14-17-10-6-7-11-18(17)19(22)13-12-16-8-4-3-5-9-16/h3-11,19H,2,12-15H2,1H3. The molecule has 0 fully saturated rings. The topological polar surface area (TPSA) is 46.6 Å². The monoisotopic (exact) mass is 337 g/mol. The summed E-state index contributed by atoms with van der Waals surface area (Å²) in [7, 11) is 0. The summed E-state index contributed by atoms with van der Waals surface area (Å²) in [5, 5.41) is 0. The third-order valence-electron chi connectivity index (χ3n) is 4.67. The van der Waals surface area contributed by atoms with Crippen molar-refractivity contribution in [1.29, 1.82) is 0 Å². The first-order valence-corrected chi connectivity index (χ1v) is 8.80. The van der Waals surface area contributed by atoms with Gasteiger partial charge in [0.05, 0.1) is 12.6 Å². The Bertz CT molecular complexity index is 742. The number of fused-ring (bicyclic) bond motifs is 1. The molecule has 0 N–H and O–H groups in total. The summed E-state index contributed by atoms with van der Waals surface area (Å²) < 4.78 is 4.93. The fraction of sp³-hybridized carbons (Fsp3) is 0.333. The number of benzene rings is 2. The third kappa shape index (κ3) is 3.90. The van der Waals surface area contributed by atoms with E-state index >= 15 is 0 Å². The molecule has 0 aromatic heterocycles. The number of carbonyl (C=O) groups excluding carboxylic acids is 2. The first kappa shape index (κ1) is 17.2. The van der Waals surface area contributed by atoms with Gasteiger partial charge in [0, 0.05) is 6.54 Å². The Morgan fingerprint density at radius 3 is 2.56 bits per heavy atom. The predicted octanol–water partition coefficient (Wildman–Crippen LogP) is 3.31. The van der Waals surface area contributed by atoms with Gasteiger partial charge in [0.2, 0.25) is 0 Å². The summed E-state index contributed by atoms with van der Waals surface area (Å²) in [6.45, 7) is 2.47. The fourth-order valence-electron chi connectivity index (χ4n) is 3.46. The molecule has 4 heteroatoms. The van der Waals surface area contributed by atoms with E-state index in [0.717, 1.165) is 24.8 Å². The van der Waals surface area contributed by atoms with Crippen LogP contribution in [0.1, 0.15) is 36.1 Å². The van der Waals surface area contributed by atoms with Crippen molar-refractivity contribution in [3.05, 3.63) is 71.3 Å². The van der Waals surface area contributed by atoms with Gasteiger partial charge in [-0.25, -0.2) is 4.79 Å². The second-order valence-electron chi connectivity index (χ2n) is 6.21. The molecule has 0 aliphatic carbocycles. The molecule has 1 atom stereocenters. The molecule has 25 heavy (non-hydrogen) atoms. The maximum Gasteiger partial charge on any atom is 0.397 e. The van der Waals surface area contributed by atoms with Crippen LogP contribution in [0.5, 0.6) is 0 Å². The van der Waals surface area contributed by atoms with Gasteiger partial charge in [-0.3, -0.25) is 4.79 Å². The van der Waals surface area contributed by atoms with Gasteiger partial charge in [-0.05, 0) is 42.9 Å². The maximum absolute atomic E-state index is 12.6. The Labute approximate surface area is 148 Å². The van der Waals surface area contributed by atoms with E-state index in [4.69, 9.17) is 4.74 Å². The Morgan fingerprint density at radius 1 is 1.08 bits per heavy atom. The lowest BCUT2D eigenvalue weighted by atomic mass is 9.89. The van der Waals surface area contributed by atoms with Gasteiger partial charge in [-0.15, -0.1) is 0 Å². The Morgan fingerprint density at radius 2 is 1.80 bits per heavy atom. The smallest absolute Gasteiger partial charge is 0.397 e. The van der Waals surface area contributed by atoms with Crippen molar-refractivity contribution in [2.75, 3.05) is 13.2 Å². The van der Waals surface area contributed by atoms with Crippen molar-refractivity contribution in [2.45, 2.75) is 32.2 Å². The van der Waals surface area contributed by atoms with Crippen LogP contribution in [0.4, 0.5) is 0 Å². The van der Waals surface area contributed by atoms with Crippen molar-refractivity contribution >= 4 is 11.9 Å². The van der Waals surface area contributed by atoms with Crippen molar-refractivity contribution in [2.24, 2.45) is 0 Å². The normalized spacial score (nSPS) is 16.2. The lowest BCUT2D eigenvalue weighted by Gasteiger charge is -2.37. The predicted molar refractivity (Wildman–Crippen MR) is 96.0 cm³/mol. The summed E-state index contributed by atoms with van der Waals surface area (Å²) in [5.74, 6) is -1.29. The van der Waals surface area contributed by atoms with Gasteiger partial charge in [0.1, 0.15) is 0 Å². The molecule has 2 aromatic rings. The first-order chi connectivity index (χ1) is 12.2. The number of esters is 1. The number of hydrogen-bond donors (Lipinski definition) is 0. The summed E-state index contributed by atoms with van der Waals surface area (Å²) in [6, 6.07) is 18.3. The highest BCUT2D eigenvalue weighted by Gasteiger charge is 2.34. The molecule has 1 aliphatic heterocycles. The van der Waals surface area contributed by atoms with E-state index in [0.29, 0.717) is 6.54 Å². The van der Waals surface area contributed by atoms with Crippen molar-refractivity contribution < 1.29 is 14.3 Å². The minimum absolute atomic E-state index is 0.0953. The quantitative estimate of drug-likeness (QED) is 0.635. The van der Waals surface area contributed by atoms with Crippen LogP contribution in [0.15, 0.2) is 54.6 Å². The van der Waals surface area contributed by atoms with Gasteiger partial charge in [-0.1, -0.05) is 54.6 Å². The highest BCUT2D eigenvalue weighted by atomic mass is 16.5. The van der Waals surface area contributed by atoms with Gasteiger partial charge in [-0.2, -0.15) is 0 Å². The average molecular weight is 337 g/mol. The van der Waals surface area contributed by atoms with Crippen LogP contribution in [0.25, 0.3) is 0 Å². The van der Waals surface area contributed by atoms with E-state index in [1.807, 2.05) is 30.3 Å². The van der Waals surface area contributed by atoms with Gasteiger partial charge in [0.15, 0.2) is 0 Å². The molecular weight excluding hydrogens is 314 g/mol. The van der Waals surface area contributed by atoms with E-state index in [2.05, 4.69) is 24.3 Å². The van der Waals surface area contributed by atoms with Gasteiger partial charge < -0.3 is 9.64 Å². The number of rotatable bonds is 4. The lowest BCUT2D eigenvalue weighted by Crippen LogP contribution is -2.44. The minimum atomic E-state index is -0.758. The van der Waals surface area contributed by atoms with E-state index in [1.165, 1.54) is 11.1 Å². The van der Waals surface area contributed by atoms with Crippen molar-refractivity contribution in [3.8, 4) is 0 Å². The molecule has 1 amide bonds. The molecule has 1 aliphatic rings.